The number of ether oxygens (including phenoxy) is 3. The summed E-state index contributed by atoms with van der Waals surface area (Å²) in [5.74, 6) is 0.860. The first-order valence-electron chi connectivity index (χ1n) is 28.8. The van der Waals surface area contributed by atoms with E-state index in [1.807, 2.05) is 0 Å². The van der Waals surface area contributed by atoms with Crippen LogP contribution in [0.15, 0.2) is 0 Å². The summed E-state index contributed by atoms with van der Waals surface area (Å²) in [6, 6.07) is 0. The zero-order chi connectivity index (χ0) is 46.8. The Morgan fingerprint density at radius 2 is 0.594 bits per heavy atom. The lowest BCUT2D eigenvalue weighted by atomic mass is 9.99. The third-order valence-electron chi connectivity index (χ3n) is 13.6. The van der Waals surface area contributed by atoms with E-state index in [-0.39, 0.29) is 31.1 Å². The van der Waals surface area contributed by atoms with Crippen molar-refractivity contribution in [1.82, 2.24) is 0 Å². The lowest BCUT2D eigenvalue weighted by Crippen LogP contribution is -2.30. The highest BCUT2D eigenvalue weighted by Crippen LogP contribution is 2.18. The molecule has 0 radical (unpaired) electrons. The Morgan fingerprint density at radius 1 is 0.328 bits per heavy atom. The van der Waals surface area contributed by atoms with E-state index in [1.165, 1.54) is 212 Å². The van der Waals surface area contributed by atoms with E-state index in [2.05, 4.69) is 34.6 Å². The van der Waals surface area contributed by atoms with E-state index >= 15 is 0 Å². The van der Waals surface area contributed by atoms with Crippen LogP contribution < -0.4 is 0 Å². The molecule has 0 N–H and O–H groups in total. The predicted molar refractivity (Wildman–Crippen MR) is 275 cm³/mol. The van der Waals surface area contributed by atoms with Crippen molar-refractivity contribution in [2.75, 3.05) is 13.2 Å². The van der Waals surface area contributed by atoms with Crippen LogP contribution in [0.3, 0.4) is 0 Å². The van der Waals surface area contributed by atoms with Crippen molar-refractivity contribution in [2.24, 2.45) is 11.8 Å². The minimum atomic E-state index is -0.762. The monoisotopic (exact) mass is 905 g/mol. The second-order valence-corrected chi connectivity index (χ2v) is 20.6. The van der Waals surface area contributed by atoms with E-state index in [4.69, 9.17) is 14.2 Å². The van der Waals surface area contributed by atoms with Crippen molar-refractivity contribution in [3.05, 3.63) is 0 Å². The molecule has 2 atom stereocenters. The fourth-order valence-electron chi connectivity index (χ4n) is 8.84. The molecule has 0 aromatic rings. The topological polar surface area (TPSA) is 78.9 Å². The van der Waals surface area contributed by atoms with E-state index in [9.17, 15) is 14.4 Å². The van der Waals surface area contributed by atoms with Gasteiger partial charge in [-0.15, -0.1) is 0 Å². The smallest absolute Gasteiger partial charge is 0.306 e. The third kappa shape index (κ3) is 49.8. The van der Waals surface area contributed by atoms with Crippen LogP contribution in [0.5, 0.6) is 0 Å². The number of hydrogen-bond acceptors (Lipinski definition) is 6. The minimum Gasteiger partial charge on any atom is -0.462 e. The van der Waals surface area contributed by atoms with Gasteiger partial charge in [-0.2, -0.15) is 0 Å². The molecule has 6 heteroatoms. The van der Waals surface area contributed by atoms with Gasteiger partial charge in [0.2, 0.25) is 0 Å². The third-order valence-corrected chi connectivity index (χ3v) is 13.6. The quantitative estimate of drug-likeness (QED) is 0.0344. The first-order chi connectivity index (χ1) is 31.3. The maximum Gasteiger partial charge on any atom is 0.306 e. The molecule has 0 saturated carbocycles. The summed E-state index contributed by atoms with van der Waals surface area (Å²) in [5, 5.41) is 0. The van der Waals surface area contributed by atoms with Gasteiger partial charge in [-0.1, -0.05) is 285 Å². The standard InChI is InChI=1S/C58H112O6/c1-6-8-9-10-11-12-13-20-24-27-33-38-43-48-56(59)62-51-55(64-58(61)50-45-40-35-30-29-31-36-41-46-53(3)4)52-63-57(60)49-44-39-34-28-25-22-19-17-15-14-16-18-21-23-26-32-37-42-47-54(5)7-2/h53-55H,6-52H2,1-5H3/t54?,55-/m1/s1. The van der Waals surface area contributed by atoms with Crippen molar-refractivity contribution < 1.29 is 28.6 Å². The number of unbranched alkanes of at least 4 members (excludes halogenated alkanes) is 36. The van der Waals surface area contributed by atoms with Crippen molar-refractivity contribution >= 4 is 17.9 Å². The summed E-state index contributed by atoms with van der Waals surface area (Å²) < 4.78 is 16.9. The maximum atomic E-state index is 12.8. The molecular formula is C58H112O6. The number of carbonyl (C=O) groups excluding carboxylic acids is 3. The Kier molecular flexibility index (Phi) is 49.6. The molecule has 0 rings (SSSR count). The fourth-order valence-corrected chi connectivity index (χ4v) is 8.84. The molecule has 0 heterocycles. The van der Waals surface area contributed by atoms with E-state index < -0.39 is 6.10 Å². The molecule has 0 aromatic carbocycles. The molecule has 64 heavy (non-hydrogen) atoms. The zero-order valence-corrected chi connectivity index (χ0v) is 43.9. The molecule has 0 bridgehead atoms. The highest BCUT2D eigenvalue weighted by atomic mass is 16.6. The molecule has 1 unspecified atom stereocenters. The van der Waals surface area contributed by atoms with Gasteiger partial charge in [-0.25, -0.2) is 0 Å². The lowest BCUT2D eigenvalue weighted by Gasteiger charge is -2.18. The van der Waals surface area contributed by atoms with Gasteiger partial charge in [0.1, 0.15) is 13.2 Å². The van der Waals surface area contributed by atoms with Crippen molar-refractivity contribution in [3.8, 4) is 0 Å². The molecule has 0 aromatic heterocycles. The van der Waals surface area contributed by atoms with Crippen molar-refractivity contribution in [2.45, 2.75) is 330 Å². The van der Waals surface area contributed by atoms with Gasteiger partial charge >= 0.3 is 17.9 Å². The molecule has 0 aliphatic heterocycles. The number of carbonyl (C=O) groups is 3. The summed E-state index contributed by atoms with van der Waals surface area (Å²) in [6.07, 6.45) is 53.8. The van der Waals surface area contributed by atoms with Crippen LogP contribution in [0.2, 0.25) is 0 Å². The van der Waals surface area contributed by atoms with Crippen LogP contribution in [0.25, 0.3) is 0 Å². The largest absolute Gasteiger partial charge is 0.462 e. The molecule has 380 valence electrons. The van der Waals surface area contributed by atoms with Gasteiger partial charge < -0.3 is 14.2 Å². The molecule has 6 nitrogen and oxygen atoms in total. The van der Waals surface area contributed by atoms with E-state index in [1.54, 1.807) is 0 Å². The Morgan fingerprint density at radius 3 is 0.891 bits per heavy atom. The van der Waals surface area contributed by atoms with E-state index in [0.29, 0.717) is 19.3 Å². The molecule has 0 spiro atoms. The number of rotatable bonds is 52. The van der Waals surface area contributed by atoms with Crippen LogP contribution in [0.1, 0.15) is 324 Å². The fraction of sp³-hybridized carbons (Fsp3) is 0.948. The van der Waals surface area contributed by atoms with Crippen molar-refractivity contribution in [1.29, 1.82) is 0 Å². The Hall–Kier alpha value is -1.59. The van der Waals surface area contributed by atoms with Gasteiger partial charge in [-0.05, 0) is 31.1 Å². The molecule has 0 saturated heterocycles. The number of hydrogen-bond donors (Lipinski definition) is 0. The highest BCUT2D eigenvalue weighted by molar-refractivity contribution is 5.71. The first kappa shape index (κ1) is 62.4. The summed E-state index contributed by atoms with van der Waals surface area (Å²) >= 11 is 0. The second kappa shape index (κ2) is 50.8. The molecule has 0 aliphatic carbocycles. The van der Waals surface area contributed by atoms with Gasteiger partial charge in [0, 0.05) is 19.3 Å². The van der Waals surface area contributed by atoms with Crippen LogP contribution in [0.4, 0.5) is 0 Å². The number of esters is 3. The molecule has 0 amide bonds. The zero-order valence-electron chi connectivity index (χ0n) is 43.9. The Bertz CT molecular complexity index is 980. The lowest BCUT2D eigenvalue weighted by molar-refractivity contribution is -0.167. The normalized spacial score (nSPS) is 12.5. The van der Waals surface area contributed by atoms with Gasteiger partial charge in [0.25, 0.3) is 0 Å². The van der Waals surface area contributed by atoms with Crippen LogP contribution >= 0.6 is 0 Å². The SMILES string of the molecule is CCCCCCCCCCCCCCCC(=O)OC[C@H](COC(=O)CCCCCCCCCCCCCCCCCCCCC(C)CC)OC(=O)CCCCCCCCCCC(C)C. The van der Waals surface area contributed by atoms with Crippen LogP contribution in [0, 0.1) is 11.8 Å². The van der Waals surface area contributed by atoms with Crippen LogP contribution in [-0.4, -0.2) is 37.2 Å². The van der Waals surface area contributed by atoms with E-state index in [0.717, 1.165) is 69.6 Å². The Balaban J connectivity index is 4.19. The Labute approximate surface area is 399 Å². The summed E-state index contributed by atoms with van der Waals surface area (Å²) in [5.41, 5.74) is 0. The maximum absolute atomic E-state index is 12.8. The first-order valence-corrected chi connectivity index (χ1v) is 28.8. The van der Waals surface area contributed by atoms with Crippen LogP contribution in [-0.2, 0) is 28.6 Å². The predicted octanol–water partition coefficient (Wildman–Crippen LogP) is 18.9. The summed E-state index contributed by atoms with van der Waals surface area (Å²) in [4.78, 5) is 38.0. The average Bonchev–Trinajstić information content (AvgIpc) is 3.28. The van der Waals surface area contributed by atoms with Crippen molar-refractivity contribution in [3.63, 3.8) is 0 Å². The second-order valence-electron chi connectivity index (χ2n) is 20.6. The van der Waals surface area contributed by atoms with Gasteiger partial charge in [0.15, 0.2) is 6.10 Å². The molecular weight excluding hydrogens is 793 g/mol. The summed E-state index contributed by atoms with van der Waals surface area (Å²) in [6.45, 7) is 11.4. The summed E-state index contributed by atoms with van der Waals surface area (Å²) in [7, 11) is 0. The average molecular weight is 906 g/mol. The molecule has 0 aliphatic rings. The van der Waals surface area contributed by atoms with Gasteiger partial charge in [-0.3, -0.25) is 14.4 Å². The molecule has 0 fully saturated rings. The minimum absolute atomic E-state index is 0.0634. The highest BCUT2D eigenvalue weighted by Gasteiger charge is 2.19. The van der Waals surface area contributed by atoms with Gasteiger partial charge in [0.05, 0.1) is 0 Å².